The molecule has 4 heteroatoms. The van der Waals surface area contributed by atoms with Crippen molar-refractivity contribution < 1.29 is 14.3 Å². The summed E-state index contributed by atoms with van der Waals surface area (Å²) in [4.78, 5) is 24.1. The van der Waals surface area contributed by atoms with Gasteiger partial charge in [-0.3, -0.25) is 9.59 Å². The summed E-state index contributed by atoms with van der Waals surface area (Å²) in [5.74, 6) is -0.606. The van der Waals surface area contributed by atoms with Crippen LogP contribution in [0.25, 0.3) is 0 Å². The van der Waals surface area contributed by atoms with Crippen LogP contribution < -0.4 is 0 Å². The number of Topliss-reactive ketones (excluding diaryl/α,β-unsaturated/α-hetero) is 1. The lowest BCUT2D eigenvalue weighted by Gasteiger charge is -2.20. The highest BCUT2D eigenvalue weighted by Crippen LogP contribution is 2.25. The van der Waals surface area contributed by atoms with Gasteiger partial charge >= 0.3 is 5.97 Å². The van der Waals surface area contributed by atoms with Crippen LogP contribution in [0.1, 0.15) is 31.1 Å². The Morgan fingerprint density at radius 1 is 1.28 bits per heavy atom. The number of rotatable bonds is 5. The minimum absolute atomic E-state index is 0.240. The number of esters is 1. The zero-order valence-electron chi connectivity index (χ0n) is 10.8. The highest BCUT2D eigenvalue weighted by molar-refractivity contribution is 9.10. The van der Waals surface area contributed by atoms with Crippen molar-refractivity contribution in [1.29, 1.82) is 0 Å². The van der Waals surface area contributed by atoms with E-state index in [1.54, 1.807) is 24.3 Å². The van der Waals surface area contributed by atoms with Crippen molar-refractivity contribution in [1.82, 2.24) is 0 Å². The number of hydrogen-bond acceptors (Lipinski definition) is 3. The Labute approximate surface area is 116 Å². The van der Waals surface area contributed by atoms with E-state index >= 15 is 0 Å². The lowest BCUT2D eigenvalue weighted by atomic mass is 9.99. The molecule has 0 aromatic heterocycles. The second-order valence-electron chi connectivity index (χ2n) is 4.69. The summed E-state index contributed by atoms with van der Waals surface area (Å²) in [6.45, 7) is 5.71. The minimum Gasteiger partial charge on any atom is -0.464 e. The van der Waals surface area contributed by atoms with Crippen molar-refractivity contribution in [2.75, 3.05) is 6.61 Å². The Balaban J connectivity index is 2.80. The van der Waals surface area contributed by atoms with E-state index in [-0.39, 0.29) is 11.7 Å². The molecule has 0 N–H and O–H groups in total. The largest absolute Gasteiger partial charge is 0.464 e. The van der Waals surface area contributed by atoms with Crippen LogP contribution in [0, 0.1) is 5.92 Å². The molecule has 1 aromatic rings. The average Bonchev–Trinajstić information content (AvgIpc) is 2.35. The third-order valence-electron chi connectivity index (χ3n) is 2.39. The lowest BCUT2D eigenvalue weighted by molar-refractivity contribution is -0.145. The molecule has 1 atom stereocenters. The van der Waals surface area contributed by atoms with Crippen LogP contribution in [0.4, 0.5) is 0 Å². The maximum atomic E-state index is 12.2. The standard InChI is InChI=1S/C14H17BrO3/c1-10(2)9-18-13(17)14(3,15)12(16)11-7-5-4-6-8-11/h4-8,10H,9H2,1-3H3. The number of hydrogen-bond donors (Lipinski definition) is 0. The van der Waals surface area contributed by atoms with E-state index in [0.29, 0.717) is 12.2 Å². The molecular weight excluding hydrogens is 296 g/mol. The van der Waals surface area contributed by atoms with Gasteiger partial charge in [0.15, 0.2) is 10.1 Å². The van der Waals surface area contributed by atoms with E-state index in [0.717, 1.165) is 0 Å². The molecule has 0 amide bonds. The third-order valence-corrected chi connectivity index (χ3v) is 3.08. The molecule has 98 valence electrons. The van der Waals surface area contributed by atoms with Crippen molar-refractivity contribution >= 4 is 27.7 Å². The monoisotopic (exact) mass is 312 g/mol. The first-order chi connectivity index (χ1) is 8.35. The predicted octanol–water partition coefficient (Wildman–Crippen LogP) is 3.22. The Kier molecular flexibility index (Phi) is 5.08. The van der Waals surface area contributed by atoms with Crippen molar-refractivity contribution in [2.24, 2.45) is 5.92 Å². The summed E-state index contributed by atoms with van der Waals surface area (Å²) in [7, 11) is 0. The predicted molar refractivity (Wildman–Crippen MR) is 73.9 cm³/mol. The van der Waals surface area contributed by atoms with Crippen molar-refractivity contribution in [3.63, 3.8) is 0 Å². The van der Waals surface area contributed by atoms with Crippen LogP contribution in [-0.2, 0) is 9.53 Å². The first kappa shape index (κ1) is 14.9. The van der Waals surface area contributed by atoms with Gasteiger partial charge in [0.2, 0.25) is 0 Å². The van der Waals surface area contributed by atoms with Crippen molar-refractivity contribution in [3.8, 4) is 0 Å². The van der Waals surface area contributed by atoms with Gasteiger partial charge in [0.05, 0.1) is 6.61 Å². The molecule has 1 rings (SSSR count). The number of benzene rings is 1. The van der Waals surface area contributed by atoms with E-state index in [1.807, 2.05) is 19.9 Å². The fraction of sp³-hybridized carbons (Fsp3) is 0.429. The molecule has 1 unspecified atom stereocenters. The molecule has 0 radical (unpaired) electrons. The zero-order valence-corrected chi connectivity index (χ0v) is 12.4. The summed E-state index contributed by atoms with van der Waals surface area (Å²) < 4.78 is 3.77. The Morgan fingerprint density at radius 3 is 2.33 bits per heavy atom. The maximum Gasteiger partial charge on any atom is 0.330 e. The number of carbonyl (C=O) groups excluding carboxylic acids is 2. The Hall–Kier alpha value is -1.16. The van der Waals surface area contributed by atoms with Gasteiger partial charge in [-0.05, 0) is 12.8 Å². The number of ketones is 1. The van der Waals surface area contributed by atoms with Crippen LogP contribution >= 0.6 is 15.9 Å². The topological polar surface area (TPSA) is 43.4 Å². The second-order valence-corrected chi connectivity index (χ2v) is 6.28. The fourth-order valence-electron chi connectivity index (χ4n) is 1.33. The van der Waals surface area contributed by atoms with Gasteiger partial charge in [0.25, 0.3) is 0 Å². The Morgan fingerprint density at radius 2 is 1.83 bits per heavy atom. The molecule has 0 aliphatic rings. The molecule has 18 heavy (non-hydrogen) atoms. The van der Waals surface area contributed by atoms with Crippen LogP contribution in [0.3, 0.4) is 0 Å². The quantitative estimate of drug-likeness (QED) is 0.363. The summed E-state index contributed by atoms with van der Waals surface area (Å²) in [6, 6.07) is 8.69. The van der Waals surface area contributed by atoms with Gasteiger partial charge in [-0.1, -0.05) is 60.1 Å². The van der Waals surface area contributed by atoms with E-state index in [4.69, 9.17) is 4.74 Å². The number of halogens is 1. The highest BCUT2D eigenvalue weighted by Gasteiger charge is 2.40. The number of carbonyl (C=O) groups is 2. The molecule has 0 fully saturated rings. The lowest BCUT2D eigenvalue weighted by Crippen LogP contribution is -2.39. The van der Waals surface area contributed by atoms with Gasteiger partial charge in [0, 0.05) is 5.56 Å². The molecular formula is C14H17BrO3. The van der Waals surface area contributed by atoms with Crippen molar-refractivity contribution in [2.45, 2.75) is 25.1 Å². The molecule has 0 bridgehead atoms. The number of ether oxygens (including phenoxy) is 1. The number of alkyl halides is 1. The third kappa shape index (κ3) is 3.67. The molecule has 0 spiro atoms. The minimum atomic E-state index is -1.33. The average molecular weight is 313 g/mol. The first-order valence-corrected chi connectivity index (χ1v) is 6.61. The molecule has 0 aliphatic carbocycles. The highest BCUT2D eigenvalue weighted by atomic mass is 79.9. The maximum absolute atomic E-state index is 12.2. The summed E-state index contributed by atoms with van der Waals surface area (Å²) in [5, 5.41) is 0. The van der Waals surface area contributed by atoms with Gasteiger partial charge in [-0.25, -0.2) is 0 Å². The van der Waals surface area contributed by atoms with Crippen molar-refractivity contribution in [3.05, 3.63) is 35.9 Å². The zero-order chi connectivity index (χ0) is 13.8. The molecule has 1 aromatic carbocycles. The first-order valence-electron chi connectivity index (χ1n) is 5.81. The van der Waals surface area contributed by atoms with Gasteiger partial charge in [-0.15, -0.1) is 0 Å². The summed E-state index contributed by atoms with van der Waals surface area (Å²) in [5.41, 5.74) is 0.485. The van der Waals surface area contributed by atoms with E-state index in [2.05, 4.69) is 15.9 Å². The SMILES string of the molecule is CC(C)COC(=O)C(C)(Br)C(=O)c1ccccc1. The molecule has 0 aliphatic heterocycles. The van der Waals surface area contributed by atoms with Crippen LogP contribution in [0.2, 0.25) is 0 Å². The second kappa shape index (κ2) is 6.14. The van der Waals surface area contributed by atoms with E-state index in [9.17, 15) is 9.59 Å². The molecule has 0 heterocycles. The smallest absolute Gasteiger partial charge is 0.330 e. The fourth-order valence-corrected chi connectivity index (χ4v) is 1.67. The van der Waals surface area contributed by atoms with Gasteiger partial charge in [-0.2, -0.15) is 0 Å². The molecule has 0 saturated carbocycles. The van der Waals surface area contributed by atoms with Crippen LogP contribution in [-0.4, -0.2) is 22.7 Å². The van der Waals surface area contributed by atoms with E-state index in [1.165, 1.54) is 6.92 Å². The molecule has 3 nitrogen and oxygen atoms in total. The van der Waals surface area contributed by atoms with Gasteiger partial charge in [0.1, 0.15) is 0 Å². The van der Waals surface area contributed by atoms with Crippen LogP contribution in [0.5, 0.6) is 0 Å². The summed E-state index contributed by atoms with van der Waals surface area (Å²) >= 11 is 3.18. The van der Waals surface area contributed by atoms with Crippen LogP contribution in [0.15, 0.2) is 30.3 Å². The normalized spacial score (nSPS) is 14.1. The Bertz CT molecular complexity index is 424. The van der Waals surface area contributed by atoms with Gasteiger partial charge < -0.3 is 4.74 Å². The van der Waals surface area contributed by atoms with E-state index < -0.39 is 10.3 Å². The summed E-state index contributed by atoms with van der Waals surface area (Å²) in [6.07, 6.45) is 0. The molecule has 0 saturated heterocycles.